The molecule has 0 amide bonds. The zero-order valence-corrected chi connectivity index (χ0v) is 16.6. The minimum absolute atomic E-state index is 0.0614. The van der Waals surface area contributed by atoms with Gasteiger partial charge in [0.05, 0.1) is 5.56 Å². The smallest absolute Gasteiger partial charge is 0.339 e. The first-order valence-corrected chi connectivity index (χ1v) is 9.52. The van der Waals surface area contributed by atoms with Crippen LogP contribution in [0.5, 0.6) is 0 Å². The SMILES string of the molecule is CC(C)c1noc(COC(=O)c2ccccc2Sc2ccc(Br)cn2)n1. The molecule has 0 aliphatic heterocycles. The van der Waals surface area contributed by atoms with Crippen LogP contribution in [-0.4, -0.2) is 21.1 Å². The Morgan fingerprint density at radius 3 is 2.77 bits per heavy atom. The summed E-state index contributed by atoms with van der Waals surface area (Å²) in [6.45, 7) is 3.86. The summed E-state index contributed by atoms with van der Waals surface area (Å²) in [4.78, 5) is 21.8. The molecule has 0 radical (unpaired) electrons. The predicted molar refractivity (Wildman–Crippen MR) is 100 cm³/mol. The Morgan fingerprint density at radius 2 is 2.08 bits per heavy atom. The molecule has 26 heavy (non-hydrogen) atoms. The summed E-state index contributed by atoms with van der Waals surface area (Å²) in [6, 6.07) is 11.0. The number of ether oxygens (including phenoxy) is 1. The lowest BCUT2D eigenvalue weighted by Crippen LogP contribution is -2.07. The van der Waals surface area contributed by atoms with Crippen molar-refractivity contribution in [2.24, 2.45) is 0 Å². The molecule has 3 rings (SSSR count). The Morgan fingerprint density at radius 1 is 1.27 bits per heavy atom. The van der Waals surface area contributed by atoms with Gasteiger partial charge < -0.3 is 9.26 Å². The fourth-order valence-electron chi connectivity index (χ4n) is 2.03. The van der Waals surface area contributed by atoms with Gasteiger partial charge in [0.1, 0.15) is 5.03 Å². The second-order valence-corrected chi connectivity index (χ2v) is 7.67. The summed E-state index contributed by atoms with van der Waals surface area (Å²) < 4.78 is 11.3. The summed E-state index contributed by atoms with van der Waals surface area (Å²) >= 11 is 4.75. The van der Waals surface area contributed by atoms with Crippen molar-refractivity contribution < 1.29 is 14.1 Å². The van der Waals surface area contributed by atoms with Gasteiger partial charge in [-0.05, 0) is 40.2 Å². The van der Waals surface area contributed by atoms with Crippen LogP contribution in [0.4, 0.5) is 0 Å². The van der Waals surface area contributed by atoms with Gasteiger partial charge in [-0.15, -0.1) is 0 Å². The fourth-order valence-corrected chi connectivity index (χ4v) is 3.14. The Labute approximate surface area is 163 Å². The number of hydrogen-bond acceptors (Lipinski definition) is 7. The van der Waals surface area contributed by atoms with Crippen LogP contribution in [0.1, 0.15) is 41.8 Å². The van der Waals surface area contributed by atoms with Gasteiger partial charge in [-0.2, -0.15) is 4.98 Å². The molecule has 1 aromatic carbocycles. The first-order chi connectivity index (χ1) is 12.5. The first kappa shape index (κ1) is 18.6. The fraction of sp³-hybridized carbons (Fsp3) is 0.222. The van der Waals surface area contributed by atoms with Crippen molar-refractivity contribution in [1.29, 1.82) is 0 Å². The number of halogens is 1. The van der Waals surface area contributed by atoms with Gasteiger partial charge in [-0.3, -0.25) is 0 Å². The summed E-state index contributed by atoms with van der Waals surface area (Å²) in [7, 11) is 0. The van der Waals surface area contributed by atoms with E-state index in [-0.39, 0.29) is 18.4 Å². The van der Waals surface area contributed by atoms with Crippen LogP contribution in [0, 0.1) is 0 Å². The molecule has 6 nitrogen and oxygen atoms in total. The Balaban J connectivity index is 1.69. The normalized spacial score (nSPS) is 10.9. The molecule has 2 heterocycles. The molecule has 0 spiro atoms. The van der Waals surface area contributed by atoms with E-state index >= 15 is 0 Å². The van der Waals surface area contributed by atoms with Crippen molar-refractivity contribution in [2.45, 2.75) is 36.3 Å². The molecule has 0 unspecified atom stereocenters. The zero-order valence-electron chi connectivity index (χ0n) is 14.2. The van der Waals surface area contributed by atoms with Gasteiger partial charge in [-0.1, -0.05) is 42.9 Å². The highest BCUT2D eigenvalue weighted by Gasteiger charge is 2.16. The van der Waals surface area contributed by atoms with E-state index in [1.54, 1.807) is 18.3 Å². The lowest BCUT2D eigenvalue weighted by Gasteiger charge is -2.08. The number of rotatable bonds is 6. The summed E-state index contributed by atoms with van der Waals surface area (Å²) in [5, 5.41) is 4.64. The molecule has 0 atom stereocenters. The number of nitrogens with zero attached hydrogens (tertiary/aromatic N) is 3. The van der Waals surface area contributed by atoms with E-state index in [1.165, 1.54) is 11.8 Å². The largest absolute Gasteiger partial charge is 0.452 e. The maximum absolute atomic E-state index is 12.5. The molecular weight excluding hydrogens is 418 g/mol. The summed E-state index contributed by atoms with van der Waals surface area (Å²) in [5.41, 5.74) is 0.464. The first-order valence-electron chi connectivity index (χ1n) is 7.91. The van der Waals surface area contributed by atoms with Gasteiger partial charge >= 0.3 is 5.97 Å². The number of hydrogen-bond donors (Lipinski definition) is 0. The second-order valence-electron chi connectivity index (χ2n) is 5.69. The molecule has 2 aromatic heterocycles. The molecule has 8 heteroatoms. The Kier molecular flexibility index (Phi) is 6.05. The molecular formula is C18H16BrN3O3S. The second kappa shape index (κ2) is 8.46. The van der Waals surface area contributed by atoms with E-state index in [1.807, 2.05) is 38.1 Å². The van der Waals surface area contributed by atoms with Crippen molar-refractivity contribution in [3.05, 3.63) is 64.3 Å². The van der Waals surface area contributed by atoms with E-state index in [0.29, 0.717) is 11.4 Å². The van der Waals surface area contributed by atoms with Crippen LogP contribution in [0.2, 0.25) is 0 Å². The number of carbonyl (C=O) groups excluding carboxylic acids is 1. The average molecular weight is 434 g/mol. The molecule has 0 aliphatic carbocycles. The Hall–Kier alpha value is -2.19. The molecule has 0 bridgehead atoms. The van der Waals surface area contributed by atoms with E-state index in [9.17, 15) is 4.79 Å². The molecule has 0 N–H and O–H groups in total. The van der Waals surface area contributed by atoms with Crippen molar-refractivity contribution in [1.82, 2.24) is 15.1 Å². The van der Waals surface area contributed by atoms with E-state index in [2.05, 4.69) is 31.1 Å². The molecule has 0 saturated heterocycles. The van der Waals surface area contributed by atoms with Crippen molar-refractivity contribution >= 4 is 33.7 Å². The third kappa shape index (κ3) is 4.70. The predicted octanol–water partition coefficient (Wildman–Crippen LogP) is 4.86. The van der Waals surface area contributed by atoms with Crippen LogP contribution in [-0.2, 0) is 11.3 Å². The number of carbonyl (C=O) groups is 1. The van der Waals surface area contributed by atoms with Gasteiger partial charge in [0, 0.05) is 21.5 Å². The molecule has 3 aromatic rings. The summed E-state index contributed by atoms with van der Waals surface area (Å²) in [6.07, 6.45) is 1.71. The average Bonchev–Trinajstić information content (AvgIpc) is 3.11. The lowest BCUT2D eigenvalue weighted by molar-refractivity contribution is 0.0425. The number of pyridine rings is 1. The van der Waals surface area contributed by atoms with Gasteiger partial charge in [-0.25, -0.2) is 9.78 Å². The summed E-state index contributed by atoms with van der Waals surface area (Å²) in [5.74, 6) is 0.573. The minimum Gasteiger partial charge on any atom is -0.452 e. The molecule has 0 fully saturated rings. The third-order valence-corrected chi connectivity index (χ3v) is 4.84. The van der Waals surface area contributed by atoms with Crippen LogP contribution in [0.15, 0.2) is 61.5 Å². The van der Waals surface area contributed by atoms with Crippen LogP contribution < -0.4 is 0 Å². The van der Waals surface area contributed by atoms with E-state index in [0.717, 1.165) is 14.4 Å². The monoisotopic (exact) mass is 433 g/mol. The maximum Gasteiger partial charge on any atom is 0.339 e. The molecule has 134 valence electrons. The Bertz CT molecular complexity index is 897. The maximum atomic E-state index is 12.5. The van der Waals surface area contributed by atoms with Gasteiger partial charge in [0.2, 0.25) is 0 Å². The molecule has 0 aliphatic rings. The highest BCUT2D eigenvalue weighted by Crippen LogP contribution is 2.30. The topological polar surface area (TPSA) is 78.1 Å². The van der Waals surface area contributed by atoms with Crippen molar-refractivity contribution in [3.63, 3.8) is 0 Å². The lowest BCUT2D eigenvalue weighted by atomic mass is 10.2. The highest BCUT2D eigenvalue weighted by atomic mass is 79.9. The van der Waals surface area contributed by atoms with Crippen LogP contribution in [0.25, 0.3) is 0 Å². The minimum atomic E-state index is -0.450. The van der Waals surface area contributed by atoms with Gasteiger partial charge in [0.15, 0.2) is 12.4 Å². The van der Waals surface area contributed by atoms with E-state index < -0.39 is 5.97 Å². The van der Waals surface area contributed by atoms with Crippen molar-refractivity contribution in [2.75, 3.05) is 0 Å². The molecule has 0 saturated carbocycles. The standard InChI is InChI=1S/C18H16BrN3O3S/c1-11(2)17-21-15(25-22-17)10-24-18(23)13-5-3-4-6-14(13)26-16-8-7-12(19)9-20-16/h3-9,11H,10H2,1-2H3. The van der Waals surface area contributed by atoms with Crippen LogP contribution in [0.3, 0.4) is 0 Å². The van der Waals surface area contributed by atoms with Gasteiger partial charge in [0.25, 0.3) is 5.89 Å². The third-order valence-electron chi connectivity index (χ3n) is 3.35. The zero-order chi connectivity index (χ0) is 18.5. The van der Waals surface area contributed by atoms with Crippen molar-refractivity contribution in [3.8, 4) is 0 Å². The quantitative estimate of drug-likeness (QED) is 0.513. The van der Waals surface area contributed by atoms with E-state index in [4.69, 9.17) is 9.26 Å². The van der Waals surface area contributed by atoms with Crippen LogP contribution >= 0.6 is 27.7 Å². The number of benzene rings is 1. The number of aromatic nitrogens is 3. The number of esters is 1. The highest BCUT2D eigenvalue weighted by molar-refractivity contribution is 9.10.